The van der Waals surface area contributed by atoms with Crippen molar-refractivity contribution in [2.45, 2.75) is 44.7 Å². The Bertz CT molecular complexity index is 2160. The highest BCUT2D eigenvalue weighted by Gasteiger charge is 2.38. The van der Waals surface area contributed by atoms with Crippen LogP contribution in [0.4, 0.5) is 16.2 Å². The van der Waals surface area contributed by atoms with Crippen LogP contribution in [-0.2, 0) is 30.3 Å². The lowest BCUT2D eigenvalue weighted by atomic mass is 10.0. The number of hydrogen-bond acceptors (Lipinski definition) is 7. The zero-order valence-corrected chi connectivity index (χ0v) is 32.1. The minimum Gasteiger partial charge on any atom is -0.455 e. The predicted octanol–water partition coefficient (Wildman–Crippen LogP) is 7.31. The van der Waals surface area contributed by atoms with Gasteiger partial charge in [-0.3, -0.25) is 19.2 Å². The van der Waals surface area contributed by atoms with Crippen molar-refractivity contribution in [1.29, 1.82) is 0 Å². The summed E-state index contributed by atoms with van der Waals surface area (Å²) in [6.45, 7) is 2.77. The molecule has 5 aromatic rings. The van der Waals surface area contributed by atoms with Gasteiger partial charge in [-0.2, -0.15) is 0 Å². The molecule has 4 aromatic carbocycles. The highest BCUT2D eigenvalue weighted by atomic mass is 79.9. The number of alkyl carbamates (subject to hydrolysis) is 1. The van der Waals surface area contributed by atoms with E-state index in [0.29, 0.717) is 58.7 Å². The van der Waals surface area contributed by atoms with Gasteiger partial charge in [-0.15, -0.1) is 0 Å². The van der Waals surface area contributed by atoms with Gasteiger partial charge < -0.3 is 34.9 Å². The molecule has 1 aromatic heterocycles. The number of methoxy groups -OCH3 is 1. The summed E-state index contributed by atoms with van der Waals surface area (Å²) in [5.74, 6) is -0.569. The van der Waals surface area contributed by atoms with E-state index in [0.717, 1.165) is 22.9 Å². The number of anilines is 2. The van der Waals surface area contributed by atoms with Gasteiger partial charge in [-0.05, 0) is 88.8 Å². The number of furan rings is 1. The molecular formula is C42H42BrN5O7. The van der Waals surface area contributed by atoms with Crippen molar-refractivity contribution in [3.05, 3.63) is 119 Å². The van der Waals surface area contributed by atoms with Gasteiger partial charge in [0.1, 0.15) is 23.4 Å². The summed E-state index contributed by atoms with van der Waals surface area (Å²) >= 11 is 3.67. The van der Waals surface area contributed by atoms with E-state index >= 15 is 0 Å². The van der Waals surface area contributed by atoms with Crippen LogP contribution in [0.25, 0.3) is 22.3 Å². The van der Waals surface area contributed by atoms with E-state index in [1.165, 1.54) is 12.0 Å². The Labute approximate surface area is 327 Å². The van der Waals surface area contributed by atoms with Gasteiger partial charge in [0.05, 0.1) is 24.5 Å². The van der Waals surface area contributed by atoms with Gasteiger partial charge in [0, 0.05) is 35.4 Å². The van der Waals surface area contributed by atoms with Gasteiger partial charge in [0.25, 0.3) is 5.91 Å². The Hall–Kier alpha value is -5.95. The standard InChI is InChI=1S/C42H42BrN5O7/c1-3-22-47(36(50)24-27-11-6-4-7-12-27)26-35(49)44-30-18-16-29(17-19-30)39-37(43)32-25-31(20-21-34(32)55-39)45-40(51)33-15-10-23-48(33)41(52)38(46-42(53)54-2)28-13-8-5-9-14-28/h4-9,11-14,16-21,25,33,38H,3,10,15,22-24,26H2,1-2H3,(H,44,49)(H,45,51)(H,46,53)/t33-,38+/m0/s1. The fourth-order valence-electron chi connectivity index (χ4n) is 6.66. The summed E-state index contributed by atoms with van der Waals surface area (Å²) in [6, 6.07) is 29.0. The van der Waals surface area contributed by atoms with Crippen molar-refractivity contribution in [2.75, 3.05) is 37.4 Å². The number of carbonyl (C=O) groups excluding carboxylic acids is 5. The second-order valence-corrected chi connectivity index (χ2v) is 14.0. The van der Waals surface area contributed by atoms with E-state index in [1.807, 2.05) is 55.5 Å². The van der Waals surface area contributed by atoms with Crippen LogP contribution in [0.15, 0.2) is 112 Å². The first kappa shape index (κ1) is 38.8. The molecule has 6 rings (SSSR count). The minimum absolute atomic E-state index is 0.0504. The first-order chi connectivity index (χ1) is 26.6. The first-order valence-electron chi connectivity index (χ1n) is 18.1. The average Bonchev–Trinajstić information content (AvgIpc) is 3.82. The Morgan fingerprint density at radius 2 is 1.60 bits per heavy atom. The maximum Gasteiger partial charge on any atom is 0.407 e. The number of amides is 5. The molecule has 0 radical (unpaired) electrons. The van der Waals surface area contributed by atoms with Gasteiger partial charge in [0.2, 0.25) is 17.7 Å². The quantitative estimate of drug-likeness (QED) is 0.113. The molecule has 0 unspecified atom stereocenters. The van der Waals surface area contributed by atoms with Crippen molar-refractivity contribution in [3.8, 4) is 11.3 Å². The third-order valence-corrected chi connectivity index (χ3v) is 10.2. The van der Waals surface area contributed by atoms with E-state index in [-0.39, 0.29) is 30.7 Å². The van der Waals surface area contributed by atoms with Crippen molar-refractivity contribution in [1.82, 2.24) is 15.1 Å². The zero-order valence-electron chi connectivity index (χ0n) is 30.5. The summed E-state index contributed by atoms with van der Waals surface area (Å²) in [7, 11) is 1.23. The van der Waals surface area contributed by atoms with Gasteiger partial charge in [-0.25, -0.2) is 4.79 Å². The number of rotatable bonds is 13. The lowest BCUT2D eigenvalue weighted by Crippen LogP contribution is -2.48. The number of likely N-dealkylation sites (tertiary alicyclic amines) is 1. The molecule has 2 atom stereocenters. The number of benzene rings is 4. The van der Waals surface area contributed by atoms with Crippen LogP contribution in [0.5, 0.6) is 0 Å². The van der Waals surface area contributed by atoms with E-state index in [1.54, 1.807) is 59.5 Å². The number of ether oxygens (including phenoxy) is 1. The first-order valence-corrected chi connectivity index (χ1v) is 18.9. The summed E-state index contributed by atoms with van der Waals surface area (Å²) in [4.78, 5) is 68.5. The number of halogens is 1. The molecule has 0 aliphatic carbocycles. The summed E-state index contributed by atoms with van der Waals surface area (Å²) in [5, 5.41) is 9.19. The molecule has 0 saturated carbocycles. The fraction of sp³-hybridized carbons (Fsp3) is 0.262. The monoisotopic (exact) mass is 807 g/mol. The van der Waals surface area contributed by atoms with Crippen LogP contribution < -0.4 is 16.0 Å². The number of nitrogens with one attached hydrogen (secondary N) is 3. The molecule has 5 amide bonds. The zero-order chi connectivity index (χ0) is 38.9. The molecule has 3 N–H and O–H groups in total. The van der Waals surface area contributed by atoms with E-state index in [9.17, 15) is 24.0 Å². The Morgan fingerprint density at radius 1 is 0.909 bits per heavy atom. The Kier molecular flexibility index (Phi) is 12.6. The van der Waals surface area contributed by atoms with Crippen molar-refractivity contribution in [2.24, 2.45) is 0 Å². The lowest BCUT2D eigenvalue weighted by Gasteiger charge is -2.28. The molecule has 284 valence electrons. The van der Waals surface area contributed by atoms with E-state index < -0.39 is 24.1 Å². The predicted molar refractivity (Wildman–Crippen MR) is 213 cm³/mol. The largest absolute Gasteiger partial charge is 0.455 e. The van der Waals surface area contributed by atoms with Crippen molar-refractivity contribution < 1.29 is 33.1 Å². The van der Waals surface area contributed by atoms with Gasteiger partial charge in [-0.1, -0.05) is 67.6 Å². The highest BCUT2D eigenvalue weighted by Crippen LogP contribution is 2.39. The van der Waals surface area contributed by atoms with E-state index in [2.05, 4.69) is 31.9 Å². The molecule has 1 fully saturated rings. The smallest absolute Gasteiger partial charge is 0.407 e. The van der Waals surface area contributed by atoms with Crippen LogP contribution in [0.2, 0.25) is 0 Å². The second kappa shape index (κ2) is 17.9. The molecule has 0 spiro atoms. The molecule has 1 aliphatic rings. The molecule has 1 aliphatic heterocycles. The molecular weight excluding hydrogens is 766 g/mol. The van der Waals surface area contributed by atoms with Crippen molar-refractivity contribution >= 4 is 68.0 Å². The molecule has 13 heteroatoms. The topological polar surface area (TPSA) is 150 Å². The number of nitrogens with zero attached hydrogens (tertiary/aromatic N) is 2. The molecule has 2 heterocycles. The van der Waals surface area contributed by atoms with Crippen LogP contribution in [0.1, 0.15) is 43.4 Å². The number of carbonyl (C=O) groups is 5. The maximum atomic E-state index is 13.8. The lowest BCUT2D eigenvalue weighted by molar-refractivity contribution is -0.138. The SMILES string of the molecule is CCCN(CC(=O)Nc1ccc(-c2oc3ccc(NC(=O)[C@@H]4CCCN4C(=O)[C@H](NC(=O)OC)c4ccccc4)cc3c2Br)cc1)C(=O)Cc1ccccc1. The number of hydrogen-bond donors (Lipinski definition) is 3. The van der Waals surface area contributed by atoms with Crippen LogP contribution in [0, 0.1) is 0 Å². The summed E-state index contributed by atoms with van der Waals surface area (Å²) < 4.78 is 11.6. The highest BCUT2D eigenvalue weighted by molar-refractivity contribution is 9.10. The fourth-order valence-corrected chi connectivity index (χ4v) is 7.28. The van der Waals surface area contributed by atoms with E-state index in [4.69, 9.17) is 9.15 Å². The molecule has 55 heavy (non-hydrogen) atoms. The second-order valence-electron chi connectivity index (χ2n) is 13.2. The number of fused-ring (bicyclic) bond motifs is 1. The Balaban J connectivity index is 1.10. The molecule has 0 bridgehead atoms. The molecule has 1 saturated heterocycles. The van der Waals surface area contributed by atoms with Crippen LogP contribution in [0.3, 0.4) is 0 Å². The van der Waals surface area contributed by atoms with Crippen molar-refractivity contribution in [3.63, 3.8) is 0 Å². The van der Waals surface area contributed by atoms with Crippen LogP contribution in [-0.4, -0.2) is 72.3 Å². The normalized spacial score (nSPS) is 14.2. The third-order valence-electron chi connectivity index (χ3n) is 9.37. The summed E-state index contributed by atoms with van der Waals surface area (Å²) in [6.07, 6.45) is 1.32. The average molecular weight is 809 g/mol. The minimum atomic E-state index is -1.01. The van der Waals surface area contributed by atoms with Gasteiger partial charge in [0.15, 0.2) is 0 Å². The third kappa shape index (κ3) is 9.41. The summed E-state index contributed by atoms with van der Waals surface area (Å²) in [5.41, 5.74) is 3.92. The van der Waals surface area contributed by atoms with Gasteiger partial charge >= 0.3 is 6.09 Å². The Morgan fingerprint density at radius 3 is 2.29 bits per heavy atom. The van der Waals surface area contributed by atoms with Crippen LogP contribution >= 0.6 is 15.9 Å². The maximum absolute atomic E-state index is 13.8. The molecule has 12 nitrogen and oxygen atoms in total.